The number of allylic oxidation sites excluding steroid dienone is 2. The van der Waals surface area contributed by atoms with E-state index in [1.165, 1.54) is 18.1 Å². The van der Waals surface area contributed by atoms with E-state index in [1.54, 1.807) is 5.06 Å². The van der Waals surface area contributed by atoms with Gasteiger partial charge in [0.25, 0.3) is 0 Å². The van der Waals surface area contributed by atoms with Crippen molar-refractivity contribution < 1.29 is 28.7 Å². The zero-order chi connectivity index (χ0) is 27.7. The summed E-state index contributed by atoms with van der Waals surface area (Å²) in [4.78, 5) is 44.2. The Balaban J connectivity index is 1.19. The maximum Gasteiger partial charge on any atom is 0.322 e. The topological polar surface area (TPSA) is 82.1 Å². The fourth-order valence-corrected chi connectivity index (χ4v) is 9.70. The molecule has 6 rings (SSSR count). The molecule has 4 saturated carbocycles. The quantitative estimate of drug-likeness (QED) is 0.263. The largest absolute Gasteiger partial charge is 0.462 e. The second-order valence-corrected chi connectivity index (χ2v) is 14.2. The van der Waals surface area contributed by atoms with Gasteiger partial charge in [-0.05, 0) is 86.9 Å². The molecule has 6 aliphatic rings. The summed E-state index contributed by atoms with van der Waals surface area (Å²) in [6.07, 6.45) is 9.94. The second kappa shape index (κ2) is 9.74. The summed E-state index contributed by atoms with van der Waals surface area (Å²) in [6, 6.07) is 0. The van der Waals surface area contributed by atoms with Crippen molar-refractivity contribution in [1.82, 2.24) is 5.06 Å². The molecule has 0 N–H and O–H groups in total. The molecule has 0 spiro atoms. The predicted octanol–water partition coefficient (Wildman–Crippen LogP) is 5.39. The summed E-state index contributed by atoms with van der Waals surface area (Å²) >= 11 is 0. The number of ether oxygens (including phenoxy) is 2. The van der Waals surface area contributed by atoms with Crippen molar-refractivity contribution in [2.75, 3.05) is 13.1 Å². The lowest BCUT2D eigenvalue weighted by Crippen LogP contribution is -2.47. The first-order valence-electron chi connectivity index (χ1n) is 15.2. The number of rotatable bonds is 5. The number of esters is 2. The number of hydroxylamine groups is 2. The molecule has 0 aromatic rings. The summed E-state index contributed by atoms with van der Waals surface area (Å²) in [5.74, 6) is -0.767. The van der Waals surface area contributed by atoms with Crippen LogP contribution in [-0.4, -0.2) is 48.3 Å². The Bertz CT molecular complexity index is 1010. The number of carbonyl (C=O) groups excluding carboxylic acids is 3. The van der Waals surface area contributed by atoms with Crippen molar-refractivity contribution in [2.45, 2.75) is 97.2 Å². The number of fused-ring (bicyclic) bond motifs is 4. The maximum absolute atomic E-state index is 13.2. The third-order valence-electron chi connectivity index (χ3n) is 11.7. The molecule has 2 saturated heterocycles. The van der Waals surface area contributed by atoms with Gasteiger partial charge in [0.1, 0.15) is 12.2 Å². The van der Waals surface area contributed by atoms with Gasteiger partial charge in [0.05, 0.1) is 11.8 Å². The Morgan fingerprint density at radius 2 is 1.31 bits per heavy atom. The molecule has 6 fully saturated rings. The van der Waals surface area contributed by atoms with Crippen LogP contribution in [0.4, 0.5) is 0 Å². The van der Waals surface area contributed by atoms with Crippen LogP contribution in [0.3, 0.4) is 0 Å². The molecule has 0 bridgehead atoms. The van der Waals surface area contributed by atoms with Gasteiger partial charge in [-0.1, -0.05) is 38.2 Å². The average molecular weight is 540 g/mol. The van der Waals surface area contributed by atoms with Gasteiger partial charge in [-0.25, -0.2) is 0 Å². The summed E-state index contributed by atoms with van der Waals surface area (Å²) in [5, 5.41) is 1.57. The highest BCUT2D eigenvalue weighted by molar-refractivity contribution is 5.77. The van der Waals surface area contributed by atoms with E-state index >= 15 is 0 Å². The lowest BCUT2D eigenvalue weighted by atomic mass is 9.55. The predicted molar refractivity (Wildman–Crippen MR) is 145 cm³/mol. The van der Waals surface area contributed by atoms with Crippen molar-refractivity contribution in [3.63, 3.8) is 0 Å². The van der Waals surface area contributed by atoms with Gasteiger partial charge in [-0.2, -0.15) is 0 Å². The van der Waals surface area contributed by atoms with E-state index in [0.717, 1.165) is 64.2 Å². The van der Waals surface area contributed by atoms with Gasteiger partial charge < -0.3 is 14.3 Å². The minimum atomic E-state index is -0.449. The van der Waals surface area contributed by atoms with Gasteiger partial charge in [0, 0.05) is 31.8 Å². The minimum absolute atomic E-state index is 0.0627. The van der Waals surface area contributed by atoms with Gasteiger partial charge >= 0.3 is 17.9 Å². The molecule has 214 valence electrons. The van der Waals surface area contributed by atoms with E-state index < -0.39 is 17.8 Å². The maximum atomic E-state index is 13.2. The first-order valence-corrected chi connectivity index (χ1v) is 15.2. The lowest BCUT2D eigenvalue weighted by molar-refractivity contribution is -0.197. The van der Waals surface area contributed by atoms with Crippen LogP contribution >= 0.6 is 0 Å². The Kier molecular flexibility index (Phi) is 6.76. The van der Waals surface area contributed by atoms with Crippen molar-refractivity contribution >= 4 is 17.9 Å². The molecular formula is C32H45NO6. The number of carbonyl (C=O) groups is 3. The van der Waals surface area contributed by atoms with Crippen LogP contribution in [0, 0.1) is 46.3 Å². The summed E-state index contributed by atoms with van der Waals surface area (Å²) in [5.41, 5.74) is 2.85. The summed E-state index contributed by atoms with van der Waals surface area (Å²) in [6.45, 7) is 15.3. The van der Waals surface area contributed by atoms with Crippen LogP contribution in [0.2, 0.25) is 0 Å². The number of hydrogen-bond acceptors (Lipinski definition) is 7. The number of hydrogen-bond donors (Lipinski definition) is 0. The number of nitrogens with zero attached hydrogens (tertiary/aromatic N) is 1. The Hall–Kier alpha value is -2.15. The molecular weight excluding hydrogens is 494 g/mol. The fourth-order valence-electron chi connectivity index (χ4n) is 9.70. The van der Waals surface area contributed by atoms with E-state index in [-0.39, 0.29) is 59.9 Å². The van der Waals surface area contributed by atoms with Crippen molar-refractivity contribution in [1.29, 1.82) is 0 Å². The molecule has 4 aliphatic carbocycles. The van der Waals surface area contributed by atoms with Gasteiger partial charge in [0.2, 0.25) is 0 Å². The molecule has 2 heterocycles. The van der Waals surface area contributed by atoms with Crippen LogP contribution in [0.5, 0.6) is 0 Å². The second-order valence-electron chi connectivity index (χ2n) is 14.2. The molecule has 7 nitrogen and oxygen atoms in total. The van der Waals surface area contributed by atoms with Crippen LogP contribution in [0.1, 0.15) is 85.0 Å². The van der Waals surface area contributed by atoms with Crippen molar-refractivity contribution in [3.05, 3.63) is 24.3 Å². The first-order chi connectivity index (χ1) is 18.5. The zero-order valence-electron chi connectivity index (χ0n) is 23.9. The van der Waals surface area contributed by atoms with Crippen LogP contribution in [0.15, 0.2) is 24.3 Å². The van der Waals surface area contributed by atoms with Crippen LogP contribution in [0.25, 0.3) is 0 Å². The Morgan fingerprint density at radius 3 is 1.72 bits per heavy atom. The van der Waals surface area contributed by atoms with E-state index in [4.69, 9.17) is 14.3 Å². The standard InChI is InChI=1S/C32H45NO6/c1-18-8-6-10-31(4)14-27-21(12-25(18)31)23(29(35)37-27)16-33(39-20(3)34)17-24-22-13-26-19(2)9-7-11-32(26,5)15-28(22)38-30(24)36/h21-28H,1-2,6-17H2,3-5H3/t21-,22-,23-,24+,25+,26+,27+,28-,31-,32+/m1/s1. The minimum Gasteiger partial charge on any atom is -0.462 e. The summed E-state index contributed by atoms with van der Waals surface area (Å²) in [7, 11) is 0. The molecule has 10 atom stereocenters. The summed E-state index contributed by atoms with van der Waals surface area (Å²) < 4.78 is 11.9. The first kappa shape index (κ1) is 27.0. The van der Waals surface area contributed by atoms with Gasteiger partial charge in [-0.15, -0.1) is 5.06 Å². The molecule has 0 aromatic heterocycles. The van der Waals surface area contributed by atoms with Crippen LogP contribution in [-0.2, 0) is 28.7 Å². The molecule has 2 aliphatic heterocycles. The Labute approximate surface area is 232 Å². The van der Waals surface area contributed by atoms with Crippen molar-refractivity contribution in [3.8, 4) is 0 Å². The monoisotopic (exact) mass is 539 g/mol. The molecule has 39 heavy (non-hydrogen) atoms. The third-order valence-corrected chi connectivity index (χ3v) is 11.7. The van der Waals surface area contributed by atoms with E-state index in [9.17, 15) is 14.4 Å². The van der Waals surface area contributed by atoms with Crippen molar-refractivity contribution in [2.24, 2.45) is 46.3 Å². The Morgan fingerprint density at radius 1 is 0.872 bits per heavy atom. The average Bonchev–Trinajstić information content (AvgIpc) is 3.30. The molecule has 0 amide bonds. The fraction of sp³-hybridized carbons (Fsp3) is 0.781. The lowest BCUT2D eigenvalue weighted by Gasteiger charge is -2.50. The zero-order valence-corrected chi connectivity index (χ0v) is 23.9. The van der Waals surface area contributed by atoms with E-state index in [0.29, 0.717) is 11.8 Å². The highest BCUT2D eigenvalue weighted by Crippen LogP contribution is 2.58. The third kappa shape index (κ3) is 4.66. The highest BCUT2D eigenvalue weighted by Gasteiger charge is 2.58. The normalized spacial score (nSPS) is 45.1. The van der Waals surface area contributed by atoms with E-state index in [1.807, 2.05) is 0 Å². The van der Waals surface area contributed by atoms with E-state index in [2.05, 4.69) is 27.0 Å². The van der Waals surface area contributed by atoms with Gasteiger partial charge in [-0.3, -0.25) is 14.4 Å². The molecule has 7 heteroatoms. The SMILES string of the molecule is C=C1CCC[C@@]2(C)C[C@H]3OC(=O)[C@@H](CN(C[C@H]4C(=O)O[C@H]5C[C@@]6(C)CCCC(=C)[C@@H]6C[C@@H]54)OC(C)=O)[C@H]3C[C@@H]12. The highest BCUT2D eigenvalue weighted by atomic mass is 16.7. The smallest absolute Gasteiger partial charge is 0.322 e. The van der Waals surface area contributed by atoms with Crippen LogP contribution < -0.4 is 0 Å². The molecule has 0 aromatic carbocycles. The molecule has 0 radical (unpaired) electrons. The molecule has 0 unspecified atom stereocenters. The van der Waals surface area contributed by atoms with Gasteiger partial charge in [0.15, 0.2) is 0 Å².